The summed E-state index contributed by atoms with van der Waals surface area (Å²) >= 11 is 1.41. The first-order valence-corrected chi connectivity index (χ1v) is 10.3. The molecule has 148 valence electrons. The number of urea groups is 1. The second-order valence-corrected chi connectivity index (χ2v) is 8.46. The molecule has 0 atom stereocenters. The molecule has 1 saturated heterocycles. The molecule has 2 heterocycles. The van der Waals surface area contributed by atoms with Crippen LogP contribution in [0.5, 0.6) is 0 Å². The number of carbonyl (C=O) groups excluding carboxylic acids is 1. The van der Waals surface area contributed by atoms with Gasteiger partial charge in [0.1, 0.15) is 5.01 Å². The van der Waals surface area contributed by atoms with E-state index < -0.39 is 5.54 Å². The molecular weight excluding hydrogens is 374 g/mol. The first-order valence-electron chi connectivity index (χ1n) is 9.51. The summed E-state index contributed by atoms with van der Waals surface area (Å²) < 4.78 is 5.50. The Labute approximate surface area is 169 Å². The summed E-state index contributed by atoms with van der Waals surface area (Å²) in [5, 5.41) is 24.6. The van der Waals surface area contributed by atoms with Crippen molar-refractivity contribution in [2.45, 2.75) is 45.1 Å². The van der Waals surface area contributed by atoms with Crippen LogP contribution in [0.25, 0.3) is 0 Å². The average Bonchev–Trinajstić information content (AvgIpc) is 3.14. The SMILES string of the molecule is CC(C)CCc1nnc(NC(=O)NC2(c3ccc(C#N)cc3)CCOCC2)s1. The van der Waals surface area contributed by atoms with Crippen LogP contribution in [0.15, 0.2) is 24.3 Å². The molecular formula is C20H25N5O2S. The number of hydrogen-bond acceptors (Lipinski definition) is 6. The van der Waals surface area contributed by atoms with Crippen LogP contribution >= 0.6 is 11.3 Å². The first-order chi connectivity index (χ1) is 13.5. The second kappa shape index (κ2) is 9.13. The van der Waals surface area contributed by atoms with Gasteiger partial charge in [-0.15, -0.1) is 10.2 Å². The maximum atomic E-state index is 12.7. The predicted octanol–water partition coefficient (Wildman–Crippen LogP) is 3.83. The third-order valence-corrected chi connectivity index (χ3v) is 5.79. The maximum Gasteiger partial charge on any atom is 0.321 e. The lowest BCUT2D eigenvalue weighted by Crippen LogP contribution is -2.50. The topological polar surface area (TPSA) is 99.9 Å². The van der Waals surface area contributed by atoms with E-state index in [-0.39, 0.29) is 6.03 Å². The van der Waals surface area contributed by atoms with Crippen LogP contribution in [0.2, 0.25) is 0 Å². The first kappa shape index (κ1) is 20.2. The monoisotopic (exact) mass is 399 g/mol. The van der Waals surface area contributed by atoms with E-state index in [1.54, 1.807) is 12.1 Å². The fourth-order valence-corrected chi connectivity index (χ4v) is 3.98. The summed E-state index contributed by atoms with van der Waals surface area (Å²) in [5.74, 6) is 0.601. The van der Waals surface area contributed by atoms with Crippen molar-refractivity contribution >= 4 is 22.5 Å². The Morgan fingerprint density at radius 1 is 1.29 bits per heavy atom. The van der Waals surface area contributed by atoms with Gasteiger partial charge in [-0.2, -0.15) is 5.26 Å². The quantitative estimate of drug-likeness (QED) is 0.769. The van der Waals surface area contributed by atoms with E-state index in [9.17, 15) is 4.79 Å². The molecule has 1 fully saturated rings. The van der Waals surface area contributed by atoms with Gasteiger partial charge in [0.15, 0.2) is 0 Å². The molecule has 8 heteroatoms. The highest BCUT2D eigenvalue weighted by molar-refractivity contribution is 7.15. The normalized spacial score (nSPS) is 15.8. The number of carbonyl (C=O) groups is 1. The van der Waals surface area contributed by atoms with E-state index in [1.807, 2.05) is 12.1 Å². The van der Waals surface area contributed by atoms with Crippen molar-refractivity contribution < 1.29 is 9.53 Å². The van der Waals surface area contributed by atoms with Crippen LogP contribution in [-0.2, 0) is 16.7 Å². The van der Waals surface area contributed by atoms with E-state index in [0.29, 0.717) is 42.7 Å². The third kappa shape index (κ3) is 5.06. The van der Waals surface area contributed by atoms with E-state index in [0.717, 1.165) is 23.4 Å². The minimum absolute atomic E-state index is 0.308. The Morgan fingerprint density at radius 3 is 2.64 bits per heavy atom. The smallest absolute Gasteiger partial charge is 0.321 e. The molecule has 1 aromatic heterocycles. The molecule has 2 aromatic rings. The van der Waals surface area contributed by atoms with Gasteiger partial charge in [-0.25, -0.2) is 4.79 Å². The molecule has 0 bridgehead atoms. The zero-order chi connectivity index (χ0) is 20.0. The molecule has 3 rings (SSSR count). The number of nitrogens with zero attached hydrogens (tertiary/aromatic N) is 3. The van der Waals surface area contributed by atoms with E-state index >= 15 is 0 Å². The molecule has 0 spiro atoms. The zero-order valence-electron chi connectivity index (χ0n) is 16.2. The van der Waals surface area contributed by atoms with E-state index in [1.165, 1.54) is 11.3 Å². The lowest BCUT2D eigenvalue weighted by molar-refractivity contribution is 0.0418. The summed E-state index contributed by atoms with van der Waals surface area (Å²) in [5.41, 5.74) is 1.04. The predicted molar refractivity (Wildman–Crippen MR) is 108 cm³/mol. The van der Waals surface area contributed by atoms with Gasteiger partial charge < -0.3 is 10.1 Å². The number of benzene rings is 1. The lowest BCUT2D eigenvalue weighted by Gasteiger charge is -2.38. The van der Waals surface area contributed by atoms with Gasteiger partial charge in [-0.1, -0.05) is 37.3 Å². The molecule has 1 aromatic carbocycles. The number of rotatable bonds is 6. The summed E-state index contributed by atoms with van der Waals surface area (Å²) in [6, 6.07) is 9.17. The maximum absolute atomic E-state index is 12.7. The van der Waals surface area contributed by atoms with Crippen molar-refractivity contribution in [1.82, 2.24) is 15.5 Å². The molecule has 1 aliphatic heterocycles. The van der Waals surface area contributed by atoms with Gasteiger partial charge >= 0.3 is 6.03 Å². The largest absolute Gasteiger partial charge is 0.381 e. The van der Waals surface area contributed by atoms with Crippen LogP contribution in [-0.4, -0.2) is 29.4 Å². The number of aromatic nitrogens is 2. The number of nitriles is 1. The second-order valence-electron chi connectivity index (χ2n) is 7.40. The molecule has 7 nitrogen and oxygen atoms in total. The number of ether oxygens (including phenoxy) is 1. The highest BCUT2D eigenvalue weighted by atomic mass is 32.1. The van der Waals surface area contributed by atoms with Gasteiger partial charge in [-0.3, -0.25) is 5.32 Å². The number of hydrogen-bond donors (Lipinski definition) is 2. The molecule has 1 aliphatic rings. The molecule has 0 unspecified atom stereocenters. The Kier molecular flexibility index (Phi) is 6.60. The number of aryl methyl sites for hydroxylation is 1. The summed E-state index contributed by atoms with van der Waals surface area (Å²) in [6.45, 7) is 5.48. The molecule has 28 heavy (non-hydrogen) atoms. The van der Waals surface area contributed by atoms with Crippen LogP contribution < -0.4 is 10.6 Å². The molecule has 0 saturated carbocycles. The highest BCUT2D eigenvalue weighted by Gasteiger charge is 2.36. The number of anilines is 1. The van der Waals surface area contributed by atoms with Crippen LogP contribution in [0, 0.1) is 17.2 Å². The minimum atomic E-state index is -0.526. The molecule has 2 amide bonds. The highest BCUT2D eigenvalue weighted by Crippen LogP contribution is 2.32. The minimum Gasteiger partial charge on any atom is -0.381 e. The summed E-state index contributed by atoms with van der Waals surface area (Å²) in [6.07, 6.45) is 3.25. The fraction of sp³-hybridized carbons (Fsp3) is 0.500. The zero-order valence-corrected chi connectivity index (χ0v) is 17.0. The Bertz CT molecular complexity index is 835. The lowest BCUT2D eigenvalue weighted by atomic mass is 9.82. The van der Waals surface area contributed by atoms with Gasteiger partial charge in [0, 0.05) is 19.6 Å². The van der Waals surface area contributed by atoms with E-state index in [4.69, 9.17) is 10.00 Å². The summed E-state index contributed by atoms with van der Waals surface area (Å²) in [7, 11) is 0. The standard InChI is InChI=1S/C20H25N5O2S/c1-14(2)3-8-17-24-25-19(28-17)22-18(26)23-20(9-11-27-12-10-20)16-6-4-15(13-21)5-7-16/h4-7,14H,3,8-12H2,1-2H3,(H2,22,23,25,26). The van der Waals surface area contributed by atoms with Crippen LogP contribution in [0.4, 0.5) is 9.93 Å². The van der Waals surface area contributed by atoms with Crippen LogP contribution in [0.1, 0.15) is 49.2 Å². The van der Waals surface area contributed by atoms with Gasteiger partial charge in [0.25, 0.3) is 0 Å². The average molecular weight is 400 g/mol. The van der Waals surface area contributed by atoms with Crippen molar-refractivity contribution in [3.05, 3.63) is 40.4 Å². The van der Waals surface area contributed by atoms with Crippen molar-refractivity contribution in [2.75, 3.05) is 18.5 Å². The third-order valence-electron chi connectivity index (χ3n) is 4.89. The van der Waals surface area contributed by atoms with Gasteiger partial charge in [0.05, 0.1) is 17.2 Å². The van der Waals surface area contributed by atoms with Crippen molar-refractivity contribution in [3.8, 4) is 6.07 Å². The summed E-state index contributed by atoms with van der Waals surface area (Å²) in [4.78, 5) is 12.7. The van der Waals surface area contributed by atoms with E-state index in [2.05, 4.69) is 40.7 Å². The van der Waals surface area contributed by atoms with Crippen molar-refractivity contribution in [3.63, 3.8) is 0 Å². The van der Waals surface area contributed by atoms with Gasteiger partial charge in [-0.05, 0) is 42.9 Å². The van der Waals surface area contributed by atoms with Gasteiger partial charge in [0.2, 0.25) is 5.13 Å². The molecule has 0 aliphatic carbocycles. The number of nitrogens with one attached hydrogen (secondary N) is 2. The molecule has 0 radical (unpaired) electrons. The van der Waals surface area contributed by atoms with Crippen molar-refractivity contribution in [1.29, 1.82) is 5.26 Å². The van der Waals surface area contributed by atoms with Crippen molar-refractivity contribution in [2.24, 2.45) is 5.92 Å². The van der Waals surface area contributed by atoms with Crippen LogP contribution in [0.3, 0.4) is 0 Å². The Hall–Kier alpha value is -2.50. The Morgan fingerprint density at radius 2 is 2.00 bits per heavy atom. The molecule has 2 N–H and O–H groups in total. The Balaban J connectivity index is 1.69. The fourth-order valence-electron chi connectivity index (χ4n) is 3.23. The number of amides is 2.